The minimum absolute atomic E-state index is 0.0147. The Morgan fingerprint density at radius 2 is 1.67 bits per heavy atom. The molecular formula is C16H22N2O5S. The van der Waals surface area contributed by atoms with Crippen molar-refractivity contribution in [3.63, 3.8) is 0 Å². The van der Waals surface area contributed by atoms with Gasteiger partial charge in [-0.15, -0.1) is 0 Å². The van der Waals surface area contributed by atoms with Crippen molar-refractivity contribution in [1.82, 2.24) is 4.72 Å². The fourth-order valence-electron chi connectivity index (χ4n) is 2.67. The van der Waals surface area contributed by atoms with E-state index in [1.54, 1.807) is 0 Å². The minimum Gasteiger partial charge on any atom is -0.481 e. The molecule has 1 aliphatic carbocycles. The number of carboxylic acids is 1. The Morgan fingerprint density at radius 1 is 1.04 bits per heavy atom. The van der Waals surface area contributed by atoms with Crippen LogP contribution in [0.3, 0.4) is 0 Å². The van der Waals surface area contributed by atoms with Crippen molar-refractivity contribution in [3.8, 4) is 0 Å². The van der Waals surface area contributed by atoms with Crippen molar-refractivity contribution >= 4 is 27.6 Å². The maximum Gasteiger partial charge on any atom is 0.303 e. The van der Waals surface area contributed by atoms with Gasteiger partial charge in [0.05, 0.1) is 11.3 Å². The van der Waals surface area contributed by atoms with Crippen LogP contribution in [0.5, 0.6) is 0 Å². The van der Waals surface area contributed by atoms with Crippen LogP contribution in [0.4, 0.5) is 5.69 Å². The predicted octanol–water partition coefficient (Wildman–Crippen LogP) is 2.10. The third-order valence-electron chi connectivity index (χ3n) is 3.94. The van der Waals surface area contributed by atoms with Gasteiger partial charge >= 0.3 is 5.97 Å². The van der Waals surface area contributed by atoms with Crippen LogP contribution in [0.15, 0.2) is 29.2 Å². The molecule has 3 N–H and O–H groups in total. The Balaban J connectivity index is 1.94. The zero-order chi connectivity index (χ0) is 17.6. The van der Waals surface area contributed by atoms with Crippen molar-refractivity contribution in [2.75, 3.05) is 5.32 Å². The molecule has 1 saturated carbocycles. The summed E-state index contributed by atoms with van der Waals surface area (Å²) in [4.78, 5) is 22.1. The van der Waals surface area contributed by atoms with Crippen molar-refractivity contribution in [2.45, 2.75) is 55.9 Å². The highest BCUT2D eigenvalue weighted by atomic mass is 32.2. The van der Waals surface area contributed by atoms with Gasteiger partial charge in [0.25, 0.3) is 0 Å². The molecule has 0 aliphatic heterocycles. The lowest BCUT2D eigenvalue weighted by Gasteiger charge is -2.22. The summed E-state index contributed by atoms with van der Waals surface area (Å²) in [6.45, 7) is 0. The first-order valence-electron chi connectivity index (χ1n) is 8.01. The minimum atomic E-state index is -3.57. The normalized spacial score (nSPS) is 15.8. The quantitative estimate of drug-likeness (QED) is 0.694. The molecule has 0 unspecified atom stereocenters. The summed E-state index contributed by atoms with van der Waals surface area (Å²) >= 11 is 0. The molecular weight excluding hydrogens is 332 g/mol. The average molecular weight is 354 g/mol. The zero-order valence-corrected chi connectivity index (χ0v) is 14.1. The maximum atomic E-state index is 12.3. The number of hydrogen-bond acceptors (Lipinski definition) is 4. The smallest absolute Gasteiger partial charge is 0.303 e. The molecule has 1 amide bonds. The number of carboxylic acid groups (broad SMARTS) is 1. The number of amides is 1. The van der Waals surface area contributed by atoms with E-state index in [1.807, 2.05) is 0 Å². The van der Waals surface area contributed by atoms with E-state index >= 15 is 0 Å². The fourth-order valence-corrected chi connectivity index (χ4v) is 3.97. The SMILES string of the molecule is O=C(O)CCC(=O)Nc1ccc(S(=O)(=O)NC2CCCCC2)cc1. The van der Waals surface area contributed by atoms with E-state index in [0.717, 1.165) is 32.1 Å². The topological polar surface area (TPSA) is 113 Å². The molecule has 1 fully saturated rings. The molecule has 0 radical (unpaired) electrons. The van der Waals surface area contributed by atoms with Crippen molar-refractivity contribution in [1.29, 1.82) is 0 Å². The number of aliphatic carboxylic acids is 1. The summed E-state index contributed by atoms with van der Waals surface area (Å²) in [6, 6.07) is 5.83. The van der Waals surface area contributed by atoms with Gasteiger partial charge in [-0.05, 0) is 37.1 Å². The summed E-state index contributed by atoms with van der Waals surface area (Å²) in [6.07, 6.45) is 4.56. The maximum absolute atomic E-state index is 12.3. The first-order chi connectivity index (χ1) is 11.4. The van der Waals surface area contributed by atoms with Crippen molar-refractivity contribution in [2.24, 2.45) is 0 Å². The molecule has 1 aliphatic rings. The van der Waals surface area contributed by atoms with E-state index < -0.39 is 21.9 Å². The van der Waals surface area contributed by atoms with E-state index in [9.17, 15) is 18.0 Å². The highest BCUT2D eigenvalue weighted by Crippen LogP contribution is 2.20. The average Bonchev–Trinajstić information content (AvgIpc) is 2.54. The number of carbonyl (C=O) groups excluding carboxylic acids is 1. The van der Waals surface area contributed by atoms with Crippen molar-refractivity contribution < 1.29 is 23.1 Å². The molecule has 0 saturated heterocycles. The second kappa shape index (κ2) is 8.25. The molecule has 0 aromatic heterocycles. The lowest BCUT2D eigenvalue weighted by atomic mass is 9.96. The largest absolute Gasteiger partial charge is 0.481 e. The van der Waals surface area contributed by atoms with E-state index in [0.29, 0.717) is 5.69 Å². The number of anilines is 1. The molecule has 24 heavy (non-hydrogen) atoms. The number of nitrogens with one attached hydrogen (secondary N) is 2. The first-order valence-corrected chi connectivity index (χ1v) is 9.49. The highest BCUT2D eigenvalue weighted by molar-refractivity contribution is 7.89. The van der Waals surface area contributed by atoms with Crippen molar-refractivity contribution in [3.05, 3.63) is 24.3 Å². The van der Waals surface area contributed by atoms with Crippen LogP contribution in [0.1, 0.15) is 44.9 Å². The van der Waals surface area contributed by atoms with Gasteiger partial charge in [0.2, 0.25) is 15.9 Å². The summed E-state index contributed by atoms with van der Waals surface area (Å²) < 4.78 is 27.4. The molecule has 0 bridgehead atoms. The molecule has 7 nitrogen and oxygen atoms in total. The van der Waals surface area contributed by atoms with Gasteiger partial charge in [-0.3, -0.25) is 9.59 Å². The van der Waals surface area contributed by atoms with Crippen LogP contribution in [-0.4, -0.2) is 31.4 Å². The molecule has 132 valence electrons. The van der Waals surface area contributed by atoms with Gasteiger partial charge in [0, 0.05) is 18.2 Å². The van der Waals surface area contributed by atoms with Crippen LogP contribution in [0.2, 0.25) is 0 Å². The van der Waals surface area contributed by atoms with Gasteiger partial charge in [-0.2, -0.15) is 0 Å². The third kappa shape index (κ3) is 5.61. The van der Waals surface area contributed by atoms with E-state index in [1.165, 1.54) is 24.3 Å². The van der Waals surface area contributed by atoms with Crippen LogP contribution >= 0.6 is 0 Å². The monoisotopic (exact) mass is 354 g/mol. The Bertz CT molecular complexity index is 679. The van der Waals surface area contributed by atoms with E-state index in [-0.39, 0.29) is 23.8 Å². The molecule has 2 rings (SSSR count). The van der Waals surface area contributed by atoms with Gasteiger partial charge in [0.1, 0.15) is 0 Å². The van der Waals surface area contributed by atoms with Gasteiger partial charge in [0.15, 0.2) is 0 Å². The fraction of sp³-hybridized carbons (Fsp3) is 0.500. The Hall–Kier alpha value is -1.93. The second-order valence-corrected chi connectivity index (χ2v) is 7.64. The molecule has 1 aromatic rings. The molecule has 0 atom stereocenters. The van der Waals surface area contributed by atoms with Crippen LogP contribution in [-0.2, 0) is 19.6 Å². The molecule has 0 spiro atoms. The Kier molecular flexibility index (Phi) is 6.33. The number of hydrogen-bond donors (Lipinski definition) is 3. The number of sulfonamides is 1. The number of carbonyl (C=O) groups is 2. The Labute approximate surface area is 141 Å². The summed E-state index contributed by atoms with van der Waals surface area (Å²) in [7, 11) is -3.57. The molecule has 0 heterocycles. The lowest BCUT2D eigenvalue weighted by molar-refractivity contribution is -0.138. The highest BCUT2D eigenvalue weighted by Gasteiger charge is 2.21. The predicted molar refractivity (Wildman–Crippen MR) is 89.1 cm³/mol. The van der Waals surface area contributed by atoms with Gasteiger partial charge in [-0.25, -0.2) is 13.1 Å². The summed E-state index contributed by atoms with van der Waals surface area (Å²) in [5, 5.41) is 11.1. The molecule has 1 aromatic carbocycles. The first kappa shape index (κ1) is 18.4. The summed E-state index contributed by atoms with van der Waals surface area (Å²) in [5.74, 6) is -1.46. The van der Waals surface area contributed by atoms with Gasteiger partial charge < -0.3 is 10.4 Å². The third-order valence-corrected chi connectivity index (χ3v) is 5.48. The molecule has 8 heteroatoms. The summed E-state index contributed by atoms with van der Waals surface area (Å²) in [5.41, 5.74) is 0.432. The number of rotatable bonds is 7. The van der Waals surface area contributed by atoms with Crippen LogP contribution in [0.25, 0.3) is 0 Å². The lowest BCUT2D eigenvalue weighted by Crippen LogP contribution is -2.36. The van der Waals surface area contributed by atoms with Gasteiger partial charge in [-0.1, -0.05) is 19.3 Å². The second-order valence-electron chi connectivity index (χ2n) is 5.92. The van der Waals surface area contributed by atoms with E-state index in [4.69, 9.17) is 5.11 Å². The van der Waals surface area contributed by atoms with Crippen LogP contribution in [0, 0.1) is 0 Å². The number of benzene rings is 1. The van der Waals surface area contributed by atoms with Crippen LogP contribution < -0.4 is 10.0 Å². The van der Waals surface area contributed by atoms with E-state index in [2.05, 4.69) is 10.0 Å². The Morgan fingerprint density at radius 3 is 2.25 bits per heavy atom. The standard InChI is InChI=1S/C16H22N2O5S/c19-15(10-11-16(20)21)17-12-6-8-14(9-7-12)24(22,23)18-13-4-2-1-3-5-13/h6-9,13,18H,1-5,10-11H2,(H,17,19)(H,20,21). The zero-order valence-electron chi connectivity index (χ0n) is 13.3.